The van der Waals surface area contributed by atoms with Crippen LogP contribution >= 0.6 is 11.6 Å². The smallest absolute Gasteiger partial charge is 0.407 e. The summed E-state index contributed by atoms with van der Waals surface area (Å²) in [6.45, 7) is 0.879. The first-order valence-electron chi connectivity index (χ1n) is 7.45. The van der Waals surface area contributed by atoms with Gasteiger partial charge in [-0.25, -0.2) is 4.79 Å². The summed E-state index contributed by atoms with van der Waals surface area (Å²) in [7, 11) is 0. The lowest BCUT2D eigenvalue weighted by molar-refractivity contribution is 0.0931. The molecule has 1 aromatic rings. The van der Waals surface area contributed by atoms with Gasteiger partial charge in [0.25, 0.3) is 0 Å². The largest absolute Gasteiger partial charge is 0.465 e. The fourth-order valence-corrected chi connectivity index (χ4v) is 4.45. The van der Waals surface area contributed by atoms with E-state index in [9.17, 15) is 9.90 Å². The summed E-state index contributed by atoms with van der Waals surface area (Å²) in [6, 6.07) is 2.39. The van der Waals surface area contributed by atoms with Crippen molar-refractivity contribution in [3.63, 3.8) is 0 Å². The van der Waals surface area contributed by atoms with Gasteiger partial charge in [-0.15, -0.1) is 10.2 Å². The molecular formula is C14H17ClN4O2. The van der Waals surface area contributed by atoms with Gasteiger partial charge in [0.2, 0.25) is 0 Å². The van der Waals surface area contributed by atoms with E-state index in [0.717, 1.165) is 50.0 Å². The number of carboxylic acid groups (broad SMARTS) is 1. The van der Waals surface area contributed by atoms with Crippen molar-refractivity contribution in [3.05, 3.63) is 16.8 Å². The maximum absolute atomic E-state index is 11.5. The number of halogens is 1. The van der Waals surface area contributed by atoms with Gasteiger partial charge >= 0.3 is 6.09 Å². The molecule has 4 rings (SSSR count). The van der Waals surface area contributed by atoms with Gasteiger partial charge < -0.3 is 14.9 Å². The van der Waals surface area contributed by atoms with Crippen molar-refractivity contribution >= 4 is 23.5 Å². The lowest BCUT2D eigenvalue weighted by Crippen LogP contribution is -2.56. The Labute approximate surface area is 127 Å². The molecule has 0 aromatic carbocycles. The topological polar surface area (TPSA) is 69.6 Å². The Kier molecular flexibility index (Phi) is 2.96. The van der Waals surface area contributed by atoms with E-state index in [1.54, 1.807) is 4.90 Å². The molecule has 1 amide bonds. The first-order valence-corrected chi connectivity index (χ1v) is 7.83. The number of hydrogen-bond acceptors (Lipinski definition) is 4. The molecule has 3 unspecified atom stereocenters. The first-order chi connectivity index (χ1) is 10.1. The monoisotopic (exact) mass is 308 g/mol. The molecule has 2 bridgehead atoms. The van der Waals surface area contributed by atoms with Crippen LogP contribution in [0.5, 0.6) is 0 Å². The molecule has 0 radical (unpaired) electrons. The summed E-state index contributed by atoms with van der Waals surface area (Å²) in [5.74, 6) is 0.889. The highest BCUT2D eigenvalue weighted by atomic mass is 35.5. The number of carbonyl (C=O) groups is 1. The Morgan fingerprint density at radius 3 is 2.76 bits per heavy atom. The van der Waals surface area contributed by atoms with E-state index in [-0.39, 0.29) is 18.1 Å². The molecule has 1 aromatic heterocycles. The van der Waals surface area contributed by atoms with Crippen LogP contribution in [-0.4, -0.2) is 51.0 Å². The van der Waals surface area contributed by atoms with Gasteiger partial charge in [-0.2, -0.15) is 0 Å². The van der Waals surface area contributed by atoms with Crippen molar-refractivity contribution in [2.75, 3.05) is 11.4 Å². The summed E-state index contributed by atoms with van der Waals surface area (Å²) in [5, 5.41) is 18.1. The van der Waals surface area contributed by atoms with Crippen molar-refractivity contribution in [2.45, 2.75) is 50.2 Å². The average molecular weight is 309 g/mol. The van der Waals surface area contributed by atoms with Gasteiger partial charge in [-0.05, 0) is 38.2 Å². The molecule has 0 saturated carbocycles. The van der Waals surface area contributed by atoms with Gasteiger partial charge in [0.1, 0.15) is 0 Å². The highest BCUT2D eigenvalue weighted by Gasteiger charge is 2.48. The third-order valence-electron chi connectivity index (χ3n) is 5.12. The number of fused-ring (bicyclic) bond motifs is 3. The third-order valence-corrected chi connectivity index (χ3v) is 5.31. The molecular weight excluding hydrogens is 292 g/mol. The number of hydrogen-bond donors (Lipinski definition) is 1. The number of amides is 1. The lowest BCUT2D eigenvalue weighted by atomic mass is 9.96. The molecule has 2 fully saturated rings. The zero-order chi connectivity index (χ0) is 14.6. The minimum atomic E-state index is -0.784. The number of rotatable bonds is 1. The van der Waals surface area contributed by atoms with Crippen molar-refractivity contribution in [2.24, 2.45) is 0 Å². The molecule has 2 saturated heterocycles. The number of aromatic nitrogens is 2. The summed E-state index contributed by atoms with van der Waals surface area (Å²) in [5.41, 5.74) is 1.12. The van der Waals surface area contributed by atoms with Crippen LogP contribution < -0.4 is 4.90 Å². The highest BCUT2D eigenvalue weighted by Crippen LogP contribution is 2.41. The fourth-order valence-electron chi connectivity index (χ4n) is 4.28. The number of anilines is 1. The zero-order valence-electron chi connectivity index (χ0n) is 11.6. The van der Waals surface area contributed by atoms with E-state index in [1.807, 2.05) is 6.07 Å². The molecule has 3 aliphatic rings. The van der Waals surface area contributed by atoms with Gasteiger partial charge in [0.05, 0.1) is 12.1 Å². The zero-order valence-corrected chi connectivity index (χ0v) is 12.3. The van der Waals surface area contributed by atoms with Crippen LogP contribution in [0, 0.1) is 0 Å². The number of piperidine rings is 1. The summed E-state index contributed by atoms with van der Waals surface area (Å²) in [6.07, 6.45) is 4.04. The van der Waals surface area contributed by atoms with E-state index in [1.165, 1.54) is 0 Å². The molecule has 1 N–H and O–H groups in total. The fraction of sp³-hybridized carbons (Fsp3) is 0.643. The van der Waals surface area contributed by atoms with Crippen LogP contribution in [-0.2, 0) is 6.42 Å². The van der Waals surface area contributed by atoms with Crippen molar-refractivity contribution in [3.8, 4) is 0 Å². The Balaban J connectivity index is 1.65. The second-order valence-electron chi connectivity index (χ2n) is 6.09. The first kappa shape index (κ1) is 13.1. The van der Waals surface area contributed by atoms with Crippen molar-refractivity contribution < 1.29 is 9.90 Å². The minimum Gasteiger partial charge on any atom is -0.465 e. The van der Waals surface area contributed by atoms with E-state index in [4.69, 9.17) is 11.6 Å². The second-order valence-corrected chi connectivity index (χ2v) is 6.48. The Hall–Kier alpha value is -1.56. The summed E-state index contributed by atoms with van der Waals surface area (Å²) >= 11 is 5.91. The predicted octanol–water partition coefficient (Wildman–Crippen LogP) is 2.17. The van der Waals surface area contributed by atoms with Gasteiger partial charge in [0, 0.05) is 18.2 Å². The number of nitrogens with zero attached hydrogens (tertiary/aromatic N) is 4. The Bertz CT molecular complexity index is 596. The van der Waals surface area contributed by atoms with Crippen LogP contribution in [0.25, 0.3) is 0 Å². The summed E-state index contributed by atoms with van der Waals surface area (Å²) in [4.78, 5) is 15.5. The quantitative estimate of drug-likeness (QED) is 0.861. The molecule has 0 spiro atoms. The van der Waals surface area contributed by atoms with Crippen LogP contribution in [0.2, 0.25) is 5.15 Å². The molecule has 7 heteroatoms. The second kappa shape index (κ2) is 4.73. The summed E-state index contributed by atoms with van der Waals surface area (Å²) < 4.78 is 0. The van der Waals surface area contributed by atoms with E-state index in [2.05, 4.69) is 15.1 Å². The van der Waals surface area contributed by atoms with E-state index < -0.39 is 6.09 Å². The maximum Gasteiger partial charge on any atom is 0.407 e. The van der Waals surface area contributed by atoms with Crippen molar-refractivity contribution in [1.29, 1.82) is 0 Å². The van der Waals surface area contributed by atoms with Crippen LogP contribution in [0.4, 0.5) is 10.6 Å². The molecule has 21 heavy (non-hydrogen) atoms. The molecule has 3 aliphatic heterocycles. The van der Waals surface area contributed by atoms with Gasteiger partial charge in [-0.1, -0.05) is 11.6 Å². The lowest BCUT2D eigenvalue weighted by Gasteiger charge is -2.42. The molecule has 0 aliphatic carbocycles. The predicted molar refractivity (Wildman–Crippen MR) is 77.8 cm³/mol. The molecule has 3 atom stereocenters. The van der Waals surface area contributed by atoms with E-state index >= 15 is 0 Å². The standard InChI is InChI=1S/C14H17ClN4O2/c15-12-7-8-5-6-18(13(8)17-16-12)10-3-1-9-2-4-11(10)19(9)14(20)21/h7,9-11H,1-6H2,(H,20,21). The molecule has 112 valence electrons. The van der Waals surface area contributed by atoms with Crippen LogP contribution in [0.3, 0.4) is 0 Å². The van der Waals surface area contributed by atoms with Gasteiger partial charge in [-0.3, -0.25) is 0 Å². The third kappa shape index (κ3) is 1.96. The van der Waals surface area contributed by atoms with Crippen LogP contribution in [0.1, 0.15) is 31.2 Å². The molecule has 6 nitrogen and oxygen atoms in total. The highest BCUT2D eigenvalue weighted by molar-refractivity contribution is 6.29. The van der Waals surface area contributed by atoms with Crippen molar-refractivity contribution in [1.82, 2.24) is 15.1 Å². The SMILES string of the molecule is O=C(O)N1C2CCC(N3CCc4cc(Cl)nnc43)C1CC2. The maximum atomic E-state index is 11.5. The van der Waals surface area contributed by atoms with E-state index in [0.29, 0.717) is 5.15 Å². The van der Waals surface area contributed by atoms with Crippen LogP contribution in [0.15, 0.2) is 6.07 Å². The molecule has 4 heterocycles. The minimum absolute atomic E-state index is 0.0877. The Morgan fingerprint density at radius 1 is 1.24 bits per heavy atom. The van der Waals surface area contributed by atoms with Gasteiger partial charge in [0.15, 0.2) is 11.0 Å². The average Bonchev–Trinajstić information content (AvgIpc) is 3.00. The normalized spacial score (nSPS) is 30.6. The Morgan fingerprint density at radius 2 is 2.00 bits per heavy atom.